The van der Waals surface area contributed by atoms with E-state index in [1.165, 1.54) is 33.5 Å². The molecule has 0 aromatic heterocycles. The van der Waals surface area contributed by atoms with Crippen LogP contribution in [0.25, 0.3) is 0 Å². The molecule has 0 aliphatic rings. The Kier molecular flexibility index (Phi) is 4.73. The lowest BCUT2D eigenvalue weighted by Crippen LogP contribution is -2.13. The zero-order chi connectivity index (χ0) is 16.1. The first-order chi connectivity index (χ1) is 10.6. The average Bonchev–Trinajstić information content (AvgIpc) is 2.55. The molecule has 0 saturated heterocycles. The van der Waals surface area contributed by atoms with E-state index in [2.05, 4.69) is 5.32 Å². The van der Waals surface area contributed by atoms with Crippen molar-refractivity contribution >= 4 is 11.6 Å². The summed E-state index contributed by atoms with van der Waals surface area (Å²) < 4.78 is 15.4. The second-order valence-electron chi connectivity index (χ2n) is 4.38. The van der Waals surface area contributed by atoms with E-state index in [0.29, 0.717) is 22.7 Å². The molecule has 116 valence electrons. The molecule has 0 bridgehead atoms. The fraction of sp³-hybridized carbons (Fsp3) is 0.188. The van der Waals surface area contributed by atoms with Crippen molar-refractivity contribution in [1.29, 1.82) is 0 Å². The van der Waals surface area contributed by atoms with Crippen molar-refractivity contribution in [3.63, 3.8) is 0 Å². The van der Waals surface area contributed by atoms with Crippen LogP contribution in [-0.2, 0) is 0 Å². The Labute approximate surface area is 128 Å². The Hall–Kier alpha value is -2.89. The molecule has 0 fully saturated rings. The predicted octanol–water partition coefficient (Wildman–Crippen LogP) is 2.67. The van der Waals surface area contributed by atoms with Crippen molar-refractivity contribution < 1.29 is 24.1 Å². The fourth-order valence-electron chi connectivity index (χ4n) is 2.02. The van der Waals surface area contributed by atoms with Crippen molar-refractivity contribution in [1.82, 2.24) is 0 Å². The molecule has 2 aromatic carbocycles. The minimum atomic E-state index is -0.358. The molecule has 1 amide bonds. The van der Waals surface area contributed by atoms with Crippen molar-refractivity contribution in [3.8, 4) is 23.0 Å². The number of para-hydroxylation sites is 1. The van der Waals surface area contributed by atoms with Crippen LogP contribution in [0.5, 0.6) is 23.0 Å². The van der Waals surface area contributed by atoms with Crippen LogP contribution < -0.4 is 19.5 Å². The van der Waals surface area contributed by atoms with Gasteiger partial charge in [0.1, 0.15) is 0 Å². The number of hydrogen-bond donors (Lipinski definition) is 2. The Morgan fingerprint density at radius 1 is 1.00 bits per heavy atom. The lowest BCUT2D eigenvalue weighted by Gasteiger charge is -2.13. The maximum absolute atomic E-state index is 12.4. The van der Waals surface area contributed by atoms with E-state index in [9.17, 15) is 9.90 Å². The van der Waals surface area contributed by atoms with Gasteiger partial charge in [0.05, 0.1) is 26.9 Å². The number of anilines is 1. The molecule has 0 atom stereocenters. The number of aromatic hydroxyl groups is 1. The Morgan fingerprint density at radius 3 is 2.36 bits per heavy atom. The van der Waals surface area contributed by atoms with Crippen molar-refractivity contribution in [2.24, 2.45) is 0 Å². The van der Waals surface area contributed by atoms with E-state index in [0.717, 1.165) is 0 Å². The second kappa shape index (κ2) is 6.71. The molecular formula is C16H17NO5. The molecule has 6 nitrogen and oxygen atoms in total. The summed E-state index contributed by atoms with van der Waals surface area (Å²) in [6.45, 7) is 0. The number of nitrogens with one attached hydrogen (secondary N) is 1. The first-order valence-corrected chi connectivity index (χ1v) is 6.50. The van der Waals surface area contributed by atoms with Crippen molar-refractivity contribution in [2.75, 3.05) is 26.6 Å². The van der Waals surface area contributed by atoms with Crippen LogP contribution in [0.1, 0.15) is 10.4 Å². The normalized spacial score (nSPS) is 9.95. The van der Waals surface area contributed by atoms with Gasteiger partial charge in [0.2, 0.25) is 0 Å². The third-order valence-corrected chi connectivity index (χ3v) is 3.09. The third-order valence-electron chi connectivity index (χ3n) is 3.09. The second-order valence-corrected chi connectivity index (χ2v) is 4.38. The van der Waals surface area contributed by atoms with Crippen LogP contribution in [0.4, 0.5) is 5.69 Å². The van der Waals surface area contributed by atoms with Gasteiger partial charge in [-0.3, -0.25) is 4.79 Å². The quantitative estimate of drug-likeness (QED) is 0.830. The minimum Gasteiger partial charge on any atom is -0.504 e. The molecule has 0 saturated carbocycles. The monoisotopic (exact) mass is 303 g/mol. The molecule has 0 unspecified atom stereocenters. The third kappa shape index (κ3) is 3.06. The molecule has 2 aromatic rings. The number of phenols is 1. The number of benzene rings is 2. The summed E-state index contributed by atoms with van der Waals surface area (Å²) in [6.07, 6.45) is 0. The number of hydrogen-bond acceptors (Lipinski definition) is 5. The first kappa shape index (κ1) is 15.5. The zero-order valence-corrected chi connectivity index (χ0v) is 12.5. The summed E-state index contributed by atoms with van der Waals surface area (Å²) in [6, 6.07) is 9.58. The maximum atomic E-state index is 12.4. The van der Waals surface area contributed by atoms with E-state index in [4.69, 9.17) is 14.2 Å². The molecule has 22 heavy (non-hydrogen) atoms. The Balaban J connectivity index is 2.30. The number of rotatable bonds is 5. The summed E-state index contributed by atoms with van der Waals surface area (Å²) in [5.74, 6) is 0.741. The van der Waals surface area contributed by atoms with Crippen LogP contribution in [0.2, 0.25) is 0 Å². The molecule has 6 heteroatoms. The van der Waals surface area contributed by atoms with Gasteiger partial charge in [-0.2, -0.15) is 0 Å². The highest BCUT2D eigenvalue weighted by molar-refractivity contribution is 6.06. The number of amides is 1. The molecule has 0 spiro atoms. The average molecular weight is 303 g/mol. The van der Waals surface area contributed by atoms with Crippen molar-refractivity contribution in [3.05, 3.63) is 42.0 Å². The molecule has 0 aliphatic heterocycles. The van der Waals surface area contributed by atoms with Gasteiger partial charge in [0, 0.05) is 11.8 Å². The Bertz CT molecular complexity index is 684. The maximum Gasteiger partial charge on any atom is 0.259 e. The molecular weight excluding hydrogens is 286 g/mol. The highest BCUT2D eigenvalue weighted by Crippen LogP contribution is 2.32. The summed E-state index contributed by atoms with van der Waals surface area (Å²) in [4.78, 5) is 12.4. The lowest BCUT2D eigenvalue weighted by molar-refractivity contribution is 0.102. The summed E-state index contributed by atoms with van der Waals surface area (Å²) in [5, 5.41) is 12.3. The molecule has 0 aliphatic carbocycles. The first-order valence-electron chi connectivity index (χ1n) is 6.50. The zero-order valence-electron chi connectivity index (χ0n) is 12.5. The molecule has 2 N–H and O–H groups in total. The van der Waals surface area contributed by atoms with Gasteiger partial charge in [0.25, 0.3) is 5.91 Å². The van der Waals surface area contributed by atoms with E-state index >= 15 is 0 Å². The number of phenolic OH excluding ortho intramolecular Hbond substituents is 1. The smallest absolute Gasteiger partial charge is 0.259 e. The lowest BCUT2D eigenvalue weighted by atomic mass is 10.1. The Morgan fingerprint density at radius 2 is 1.73 bits per heavy atom. The number of carbonyl (C=O) groups excluding carboxylic acids is 1. The van der Waals surface area contributed by atoms with Crippen LogP contribution in [-0.4, -0.2) is 32.3 Å². The summed E-state index contributed by atoms with van der Waals surface area (Å²) in [7, 11) is 4.41. The van der Waals surface area contributed by atoms with Crippen LogP contribution in [0.15, 0.2) is 36.4 Å². The van der Waals surface area contributed by atoms with Crippen molar-refractivity contribution in [2.45, 2.75) is 0 Å². The standard InChI is InChI=1S/C16H17NO5/c1-20-13-6-4-5-11(15(13)22-3)16(19)17-10-7-8-12(18)14(9-10)21-2/h4-9,18H,1-3H3,(H,17,19). The largest absolute Gasteiger partial charge is 0.504 e. The van der Waals surface area contributed by atoms with E-state index in [-0.39, 0.29) is 17.4 Å². The van der Waals surface area contributed by atoms with Gasteiger partial charge in [-0.1, -0.05) is 6.07 Å². The van der Waals surface area contributed by atoms with Gasteiger partial charge in [-0.25, -0.2) is 0 Å². The highest BCUT2D eigenvalue weighted by Gasteiger charge is 2.17. The van der Waals surface area contributed by atoms with Gasteiger partial charge < -0.3 is 24.6 Å². The number of ether oxygens (including phenoxy) is 3. The van der Waals surface area contributed by atoms with Gasteiger partial charge in [-0.05, 0) is 24.3 Å². The molecule has 0 radical (unpaired) electrons. The number of carbonyl (C=O) groups is 1. The van der Waals surface area contributed by atoms with Crippen LogP contribution in [0, 0.1) is 0 Å². The van der Waals surface area contributed by atoms with E-state index < -0.39 is 0 Å². The fourth-order valence-corrected chi connectivity index (χ4v) is 2.02. The summed E-state index contributed by atoms with van der Waals surface area (Å²) in [5.41, 5.74) is 0.832. The van der Waals surface area contributed by atoms with Gasteiger partial charge >= 0.3 is 0 Å². The van der Waals surface area contributed by atoms with Gasteiger partial charge in [-0.15, -0.1) is 0 Å². The van der Waals surface area contributed by atoms with Crippen LogP contribution >= 0.6 is 0 Å². The van der Waals surface area contributed by atoms with E-state index in [1.54, 1.807) is 24.3 Å². The van der Waals surface area contributed by atoms with Gasteiger partial charge in [0.15, 0.2) is 23.0 Å². The van der Waals surface area contributed by atoms with E-state index in [1.807, 2.05) is 0 Å². The minimum absolute atomic E-state index is 0.000500. The SMILES string of the molecule is COc1cc(NC(=O)c2cccc(OC)c2OC)ccc1O. The molecule has 2 rings (SSSR count). The highest BCUT2D eigenvalue weighted by atomic mass is 16.5. The summed E-state index contributed by atoms with van der Waals surface area (Å²) >= 11 is 0. The predicted molar refractivity (Wildman–Crippen MR) is 82.2 cm³/mol. The topological polar surface area (TPSA) is 77.0 Å². The number of methoxy groups -OCH3 is 3. The molecule has 0 heterocycles. The van der Waals surface area contributed by atoms with Crippen LogP contribution in [0.3, 0.4) is 0 Å².